The zero-order valence-electron chi connectivity index (χ0n) is 20.0. The Morgan fingerprint density at radius 1 is 1.28 bits per heavy atom. The Kier molecular flexibility index (Phi) is 4.73. The minimum atomic E-state index is -0.0347. The Morgan fingerprint density at radius 2 is 2.03 bits per heavy atom. The molecule has 1 saturated carbocycles. The van der Waals surface area contributed by atoms with Crippen molar-refractivity contribution in [1.82, 2.24) is 24.8 Å². The highest BCUT2D eigenvalue weighted by molar-refractivity contribution is 6.06. The number of likely N-dealkylation sites (tertiary alicyclic amines) is 1. The summed E-state index contributed by atoms with van der Waals surface area (Å²) < 4.78 is 7.49. The molecule has 1 aliphatic heterocycles. The van der Waals surface area contributed by atoms with Crippen LogP contribution in [0.1, 0.15) is 86.6 Å². The lowest BCUT2D eigenvalue weighted by molar-refractivity contribution is 0.0779. The van der Waals surface area contributed by atoms with Crippen LogP contribution < -0.4 is 0 Å². The van der Waals surface area contributed by atoms with Crippen LogP contribution in [0.3, 0.4) is 0 Å². The van der Waals surface area contributed by atoms with Gasteiger partial charge < -0.3 is 9.42 Å². The quantitative estimate of drug-likeness (QED) is 0.594. The number of aryl methyl sites for hydroxylation is 1. The van der Waals surface area contributed by atoms with E-state index in [-0.39, 0.29) is 22.7 Å². The van der Waals surface area contributed by atoms with Gasteiger partial charge in [-0.2, -0.15) is 5.10 Å². The SMILES string of the molecule is Cn1cc(C2CN(C(=O)c3cc(C4CC4)nc4onc(CC(C)(C)C)c34)CC2(C)C)cn1. The summed E-state index contributed by atoms with van der Waals surface area (Å²) in [5, 5.41) is 9.49. The van der Waals surface area contributed by atoms with E-state index in [1.165, 1.54) is 5.56 Å². The normalized spacial score (nSPS) is 20.9. The minimum Gasteiger partial charge on any atom is -0.337 e. The average Bonchev–Trinajstić information content (AvgIpc) is 3.23. The maximum absolute atomic E-state index is 13.9. The summed E-state index contributed by atoms with van der Waals surface area (Å²) in [7, 11) is 1.93. The Labute approximate surface area is 189 Å². The highest BCUT2D eigenvalue weighted by Gasteiger charge is 2.43. The number of rotatable bonds is 4. The predicted molar refractivity (Wildman–Crippen MR) is 123 cm³/mol. The van der Waals surface area contributed by atoms with Gasteiger partial charge in [0, 0.05) is 43.9 Å². The minimum absolute atomic E-state index is 0.0281. The fourth-order valence-corrected chi connectivity index (χ4v) is 5.05. The molecule has 2 aliphatic rings. The van der Waals surface area contributed by atoms with Crippen LogP contribution in [0.5, 0.6) is 0 Å². The van der Waals surface area contributed by atoms with Crippen LogP contribution in [-0.2, 0) is 13.5 Å². The maximum atomic E-state index is 13.9. The number of hydrogen-bond donors (Lipinski definition) is 0. The first-order chi connectivity index (χ1) is 15.0. The highest BCUT2D eigenvalue weighted by atomic mass is 16.5. The van der Waals surface area contributed by atoms with Crippen LogP contribution in [-0.4, -0.2) is 43.8 Å². The molecule has 7 heteroatoms. The van der Waals surface area contributed by atoms with E-state index in [1.807, 2.05) is 28.9 Å². The van der Waals surface area contributed by atoms with Gasteiger partial charge in [0.1, 0.15) is 0 Å². The number of carbonyl (C=O) groups is 1. The summed E-state index contributed by atoms with van der Waals surface area (Å²) in [5.41, 5.74) is 4.16. The number of hydrogen-bond acceptors (Lipinski definition) is 5. The van der Waals surface area contributed by atoms with Crippen molar-refractivity contribution in [3.63, 3.8) is 0 Å². The Bertz CT molecular complexity index is 1180. The summed E-state index contributed by atoms with van der Waals surface area (Å²) in [5.74, 6) is 0.731. The summed E-state index contributed by atoms with van der Waals surface area (Å²) >= 11 is 0. The third kappa shape index (κ3) is 3.82. The van der Waals surface area contributed by atoms with Gasteiger partial charge in [0.25, 0.3) is 11.6 Å². The molecule has 1 saturated heterocycles. The second-order valence-electron chi connectivity index (χ2n) is 11.6. The monoisotopic (exact) mass is 435 g/mol. The van der Waals surface area contributed by atoms with E-state index in [0.29, 0.717) is 30.3 Å². The van der Waals surface area contributed by atoms with E-state index in [0.717, 1.165) is 36.0 Å². The molecule has 0 aromatic carbocycles. The van der Waals surface area contributed by atoms with E-state index < -0.39 is 0 Å². The molecule has 32 heavy (non-hydrogen) atoms. The van der Waals surface area contributed by atoms with Gasteiger partial charge in [0.15, 0.2) is 0 Å². The smallest absolute Gasteiger partial charge is 0.259 e. The molecule has 1 unspecified atom stereocenters. The van der Waals surface area contributed by atoms with E-state index in [1.54, 1.807) is 0 Å². The van der Waals surface area contributed by atoms with Crippen LogP contribution in [0.4, 0.5) is 0 Å². The second kappa shape index (κ2) is 7.15. The molecule has 4 heterocycles. The molecule has 1 aliphatic carbocycles. The van der Waals surface area contributed by atoms with Gasteiger partial charge >= 0.3 is 0 Å². The second-order valence-corrected chi connectivity index (χ2v) is 11.6. The number of pyridine rings is 1. The third-order valence-electron chi connectivity index (χ3n) is 6.82. The van der Waals surface area contributed by atoms with Crippen LogP contribution >= 0.6 is 0 Å². The van der Waals surface area contributed by atoms with Gasteiger partial charge in [-0.25, -0.2) is 4.98 Å². The Hall–Kier alpha value is -2.70. The number of nitrogens with zero attached hydrogens (tertiary/aromatic N) is 5. The van der Waals surface area contributed by atoms with Gasteiger partial charge in [-0.1, -0.05) is 39.8 Å². The molecule has 0 N–H and O–H groups in total. The van der Waals surface area contributed by atoms with Gasteiger partial charge in [-0.05, 0) is 41.7 Å². The summed E-state index contributed by atoms with van der Waals surface area (Å²) in [4.78, 5) is 20.7. The van der Waals surface area contributed by atoms with Crippen molar-refractivity contribution >= 4 is 17.0 Å². The molecule has 7 nitrogen and oxygen atoms in total. The number of fused-ring (bicyclic) bond motifs is 1. The van der Waals surface area contributed by atoms with E-state index in [4.69, 9.17) is 9.51 Å². The summed E-state index contributed by atoms with van der Waals surface area (Å²) in [6, 6.07) is 2.01. The van der Waals surface area contributed by atoms with Crippen LogP contribution in [0.15, 0.2) is 23.0 Å². The fourth-order valence-electron chi connectivity index (χ4n) is 5.05. The topological polar surface area (TPSA) is 77.0 Å². The summed E-state index contributed by atoms with van der Waals surface area (Å²) in [6.45, 7) is 12.4. The van der Waals surface area contributed by atoms with Crippen molar-refractivity contribution in [2.75, 3.05) is 13.1 Å². The van der Waals surface area contributed by atoms with E-state index in [2.05, 4.69) is 51.1 Å². The first-order valence-electron chi connectivity index (χ1n) is 11.6. The standard InChI is InChI=1S/C25H33N5O2/c1-24(2,3)10-20-21-17(9-19(15-7-8-15)27-22(21)32-28-20)23(31)30-13-18(25(4,5)14-30)16-11-26-29(6)12-16/h9,11-12,15,18H,7-8,10,13-14H2,1-6H3. The molecule has 1 amide bonds. The molecule has 0 radical (unpaired) electrons. The van der Waals surface area contributed by atoms with Crippen molar-refractivity contribution in [3.05, 3.63) is 41.0 Å². The third-order valence-corrected chi connectivity index (χ3v) is 6.82. The molecule has 5 rings (SSSR count). The number of aromatic nitrogens is 4. The van der Waals surface area contributed by atoms with Gasteiger partial charge in [0.05, 0.1) is 22.8 Å². The van der Waals surface area contributed by atoms with E-state index >= 15 is 0 Å². The maximum Gasteiger partial charge on any atom is 0.259 e. The molecule has 0 spiro atoms. The van der Waals surface area contributed by atoms with Gasteiger partial charge in [-0.3, -0.25) is 9.48 Å². The van der Waals surface area contributed by atoms with Crippen molar-refractivity contribution in [3.8, 4) is 0 Å². The van der Waals surface area contributed by atoms with E-state index in [9.17, 15) is 4.79 Å². The van der Waals surface area contributed by atoms with Crippen molar-refractivity contribution in [2.45, 2.75) is 65.7 Å². The largest absolute Gasteiger partial charge is 0.337 e. The first-order valence-corrected chi connectivity index (χ1v) is 11.6. The van der Waals surface area contributed by atoms with Crippen molar-refractivity contribution in [1.29, 1.82) is 0 Å². The first kappa shape index (κ1) is 21.2. The van der Waals surface area contributed by atoms with Gasteiger partial charge in [0.2, 0.25) is 0 Å². The molecule has 3 aromatic rings. The molecular formula is C25H33N5O2. The molecule has 170 valence electrons. The molecule has 3 aromatic heterocycles. The lowest BCUT2D eigenvalue weighted by atomic mass is 9.79. The molecule has 0 bridgehead atoms. The lowest BCUT2D eigenvalue weighted by Gasteiger charge is -2.24. The number of carbonyl (C=O) groups excluding carboxylic acids is 1. The van der Waals surface area contributed by atoms with Crippen LogP contribution in [0.25, 0.3) is 11.1 Å². The zero-order valence-corrected chi connectivity index (χ0v) is 20.0. The van der Waals surface area contributed by atoms with Gasteiger partial charge in [-0.15, -0.1) is 0 Å². The lowest BCUT2D eigenvalue weighted by Crippen LogP contribution is -2.30. The number of amides is 1. The van der Waals surface area contributed by atoms with Crippen LogP contribution in [0, 0.1) is 10.8 Å². The molecule has 1 atom stereocenters. The average molecular weight is 436 g/mol. The predicted octanol–water partition coefficient (Wildman–Crippen LogP) is 4.69. The highest BCUT2D eigenvalue weighted by Crippen LogP contribution is 2.44. The fraction of sp³-hybridized carbons (Fsp3) is 0.600. The summed E-state index contributed by atoms with van der Waals surface area (Å²) in [6.07, 6.45) is 6.97. The molecular weight excluding hydrogens is 402 g/mol. The van der Waals surface area contributed by atoms with Crippen molar-refractivity contribution < 1.29 is 9.32 Å². The zero-order chi connectivity index (χ0) is 22.8. The Morgan fingerprint density at radius 3 is 2.66 bits per heavy atom. The van der Waals surface area contributed by atoms with Crippen LogP contribution in [0.2, 0.25) is 0 Å². The molecule has 2 fully saturated rings. The van der Waals surface area contributed by atoms with Crippen molar-refractivity contribution in [2.24, 2.45) is 17.9 Å². The Balaban J connectivity index is 1.54.